The Bertz CT molecular complexity index is 1170. The van der Waals surface area contributed by atoms with E-state index in [1.807, 2.05) is 30.3 Å². The number of amides is 2. The minimum absolute atomic E-state index is 0.0305. The summed E-state index contributed by atoms with van der Waals surface area (Å²) in [5.74, 6) is -2.43. The molecule has 2 amide bonds. The first kappa shape index (κ1) is 16.4. The van der Waals surface area contributed by atoms with Crippen LogP contribution in [0.1, 0.15) is 10.4 Å². The van der Waals surface area contributed by atoms with E-state index < -0.39 is 29.6 Å². The van der Waals surface area contributed by atoms with Crippen molar-refractivity contribution in [3.8, 4) is 0 Å². The number of carbonyl (C=O) groups is 3. The molecule has 3 aromatic rings. The lowest BCUT2D eigenvalue weighted by Crippen LogP contribution is -2.34. The molecule has 2 aliphatic heterocycles. The van der Waals surface area contributed by atoms with Gasteiger partial charge in [-0.2, -0.15) is 0 Å². The lowest BCUT2D eigenvalue weighted by atomic mass is 9.92. The van der Waals surface area contributed by atoms with Crippen molar-refractivity contribution >= 4 is 39.8 Å². The Kier molecular flexibility index (Phi) is 3.58. The molecule has 136 valence electrons. The van der Waals surface area contributed by atoms with E-state index >= 15 is 0 Å². The van der Waals surface area contributed by atoms with Crippen LogP contribution in [0.15, 0.2) is 78.0 Å². The molecule has 1 saturated heterocycles. The van der Waals surface area contributed by atoms with Crippen LogP contribution >= 0.6 is 0 Å². The van der Waals surface area contributed by atoms with E-state index in [0.717, 1.165) is 15.7 Å². The maximum absolute atomic E-state index is 13.0. The van der Waals surface area contributed by atoms with Gasteiger partial charge in [0.2, 0.25) is 17.8 Å². The lowest BCUT2D eigenvalue weighted by molar-refractivity contribution is -0.126. The molecule has 3 aromatic carbocycles. The third-order valence-electron chi connectivity index (χ3n) is 5.07. The van der Waals surface area contributed by atoms with E-state index in [4.69, 9.17) is 4.84 Å². The fourth-order valence-corrected chi connectivity index (χ4v) is 3.68. The molecular weight excluding hydrogens is 356 g/mol. The van der Waals surface area contributed by atoms with Crippen LogP contribution in [0, 0.1) is 5.92 Å². The predicted molar refractivity (Wildman–Crippen MR) is 103 cm³/mol. The fraction of sp³-hybridized carbons (Fsp3) is 0.0909. The Balaban J connectivity index is 1.49. The van der Waals surface area contributed by atoms with Gasteiger partial charge in [0.15, 0.2) is 0 Å². The highest BCUT2D eigenvalue weighted by atomic mass is 16.7. The summed E-state index contributed by atoms with van der Waals surface area (Å²) in [5, 5.41) is 5.71. The molecule has 6 nitrogen and oxygen atoms in total. The molecule has 0 radical (unpaired) electrons. The first-order chi connectivity index (χ1) is 13.6. The number of nitrogens with zero attached hydrogens (tertiary/aromatic N) is 2. The Labute approximate surface area is 160 Å². The van der Waals surface area contributed by atoms with Crippen LogP contribution in [0.25, 0.3) is 10.8 Å². The smallest absolute Gasteiger partial charge is 0.278 e. The van der Waals surface area contributed by atoms with Crippen molar-refractivity contribution in [2.45, 2.75) is 6.10 Å². The normalized spacial score (nSPS) is 20.9. The summed E-state index contributed by atoms with van der Waals surface area (Å²) in [6.07, 6.45) is -1.09. The van der Waals surface area contributed by atoms with Gasteiger partial charge in [-0.15, -0.1) is 0 Å². The highest BCUT2D eigenvalue weighted by molar-refractivity contribution is 6.52. The van der Waals surface area contributed by atoms with Gasteiger partial charge in [-0.25, -0.2) is 4.90 Å². The number of imide groups is 1. The summed E-state index contributed by atoms with van der Waals surface area (Å²) in [7, 11) is 0. The largest absolute Gasteiger partial charge is 0.381 e. The van der Waals surface area contributed by atoms with Gasteiger partial charge in [0.05, 0.1) is 5.69 Å². The Morgan fingerprint density at radius 3 is 2.36 bits per heavy atom. The van der Waals surface area contributed by atoms with Crippen molar-refractivity contribution < 1.29 is 19.2 Å². The number of para-hydroxylation sites is 1. The molecule has 2 aliphatic rings. The Morgan fingerprint density at radius 2 is 1.57 bits per heavy atom. The van der Waals surface area contributed by atoms with Crippen LogP contribution in [-0.2, 0) is 14.4 Å². The molecule has 6 heteroatoms. The number of oxime groups is 1. The molecule has 28 heavy (non-hydrogen) atoms. The first-order valence-corrected chi connectivity index (χ1v) is 8.85. The van der Waals surface area contributed by atoms with Gasteiger partial charge in [0.25, 0.3) is 5.91 Å². The van der Waals surface area contributed by atoms with Crippen molar-refractivity contribution in [1.82, 2.24) is 0 Å². The van der Waals surface area contributed by atoms with E-state index in [9.17, 15) is 14.4 Å². The molecule has 5 rings (SSSR count). The van der Waals surface area contributed by atoms with Gasteiger partial charge in [0.1, 0.15) is 11.6 Å². The molecular formula is C22H14N2O4. The molecule has 0 aromatic heterocycles. The molecule has 0 saturated carbocycles. The maximum Gasteiger partial charge on any atom is 0.278 e. The molecule has 2 unspecified atom stereocenters. The number of ketones is 1. The average molecular weight is 370 g/mol. The summed E-state index contributed by atoms with van der Waals surface area (Å²) >= 11 is 0. The Hall–Kier alpha value is -3.80. The second-order valence-electron chi connectivity index (χ2n) is 6.72. The van der Waals surface area contributed by atoms with Crippen molar-refractivity contribution in [1.29, 1.82) is 0 Å². The number of hydrogen-bond acceptors (Lipinski definition) is 5. The van der Waals surface area contributed by atoms with Gasteiger partial charge >= 0.3 is 0 Å². The van der Waals surface area contributed by atoms with E-state index in [-0.39, 0.29) is 5.71 Å². The SMILES string of the molecule is O=C(C1=NOC2C(=O)N(c3ccccc3)C(=O)C12)c1ccc2ccccc2c1. The zero-order chi connectivity index (χ0) is 19.3. The second kappa shape index (κ2) is 6.13. The number of hydrogen-bond donors (Lipinski definition) is 0. The lowest BCUT2D eigenvalue weighted by Gasteiger charge is -2.14. The zero-order valence-electron chi connectivity index (χ0n) is 14.6. The van der Waals surface area contributed by atoms with Crippen LogP contribution in [0.2, 0.25) is 0 Å². The van der Waals surface area contributed by atoms with Gasteiger partial charge in [-0.1, -0.05) is 59.8 Å². The van der Waals surface area contributed by atoms with E-state index in [0.29, 0.717) is 11.3 Å². The molecule has 0 spiro atoms. The summed E-state index contributed by atoms with van der Waals surface area (Å²) < 4.78 is 0. The van der Waals surface area contributed by atoms with Crippen LogP contribution in [-0.4, -0.2) is 29.4 Å². The zero-order valence-corrected chi connectivity index (χ0v) is 14.6. The fourth-order valence-electron chi connectivity index (χ4n) is 3.68. The van der Waals surface area contributed by atoms with Gasteiger partial charge in [-0.05, 0) is 29.0 Å². The number of fused-ring (bicyclic) bond motifs is 2. The third-order valence-corrected chi connectivity index (χ3v) is 5.07. The van der Waals surface area contributed by atoms with Crippen LogP contribution < -0.4 is 4.90 Å². The molecule has 0 N–H and O–H groups in total. The van der Waals surface area contributed by atoms with Crippen molar-refractivity contribution in [3.63, 3.8) is 0 Å². The number of anilines is 1. The standard InChI is InChI=1S/C22H14N2O4/c25-19(15-11-10-13-6-4-5-7-14(13)12-15)18-17-20(28-23-18)22(27)24(21(17)26)16-8-2-1-3-9-16/h1-12,17,20H. The van der Waals surface area contributed by atoms with Crippen LogP contribution in [0.3, 0.4) is 0 Å². The van der Waals surface area contributed by atoms with E-state index in [1.54, 1.807) is 42.5 Å². The highest BCUT2D eigenvalue weighted by Crippen LogP contribution is 2.34. The number of rotatable bonds is 3. The third kappa shape index (κ3) is 2.35. The topological polar surface area (TPSA) is 76.0 Å². The average Bonchev–Trinajstić information content (AvgIpc) is 3.28. The molecule has 0 bridgehead atoms. The number of Topliss-reactive ketones (excluding diaryl/α,β-unsaturated/α-hetero) is 1. The summed E-state index contributed by atoms with van der Waals surface area (Å²) in [4.78, 5) is 44.9. The summed E-state index contributed by atoms with van der Waals surface area (Å²) in [5.41, 5.74) is 0.824. The predicted octanol–water partition coefficient (Wildman–Crippen LogP) is 2.97. The van der Waals surface area contributed by atoms with Crippen molar-refractivity contribution in [2.24, 2.45) is 11.1 Å². The van der Waals surface area contributed by atoms with E-state index in [1.165, 1.54) is 0 Å². The van der Waals surface area contributed by atoms with Gasteiger partial charge in [-0.3, -0.25) is 14.4 Å². The van der Waals surface area contributed by atoms with Crippen LogP contribution in [0.4, 0.5) is 5.69 Å². The maximum atomic E-state index is 13.0. The minimum atomic E-state index is -1.09. The van der Waals surface area contributed by atoms with E-state index in [2.05, 4.69) is 5.16 Å². The molecule has 0 aliphatic carbocycles. The minimum Gasteiger partial charge on any atom is -0.381 e. The van der Waals surface area contributed by atoms with Crippen molar-refractivity contribution in [2.75, 3.05) is 4.90 Å². The van der Waals surface area contributed by atoms with Crippen molar-refractivity contribution in [3.05, 3.63) is 78.4 Å². The Morgan fingerprint density at radius 1 is 0.857 bits per heavy atom. The van der Waals surface area contributed by atoms with Gasteiger partial charge in [0, 0.05) is 5.56 Å². The number of carbonyl (C=O) groups excluding carboxylic acids is 3. The molecule has 1 fully saturated rings. The van der Waals surface area contributed by atoms with Gasteiger partial charge < -0.3 is 4.84 Å². The summed E-state index contributed by atoms with van der Waals surface area (Å²) in [6.45, 7) is 0. The molecule has 2 atom stereocenters. The first-order valence-electron chi connectivity index (χ1n) is 8.85. The number of benzene rings is 3. The highest BCUT2D eigenvalue weighted by Gasteiger charge is 2.57. The molecule has 2 heterocycles. The summed E-state index contributed by atoms with van der Waals surface area (Å²) in [6, 6.07) is 21.6. The quantitative estimate of drug-likeness (QED) is 0.525. The monoisotopic (exact) mass is 370 g/mol. The second-order valence-corrected chi connectivity index (χ2v) is 6.72. The van der Waals surface area contributed by atoms with Crippen LogP contribution in [0.5, 0.6) is 0 Å².